The molecule has 1 heterocycles. The number of hydrogen-bond acceptors (Lipinski definition) is 4. The van der Waals surface area contributed by atoms with E-state index >= 15 is 0 Å². The molecule has 0 radical (unpaired) electrons. The van der Waals surface area contributed by atoms with E-state index in [-0.39, 0.29) is 0 Å². The largest absolute Gasteiger partial charge is 0.433 e. The number of alkyl halides is 3. The average molecular weight is 320 g/mol. The second-order valence-corrected chi connectivity index (χ2v) is 3.95. The summed E-state index contributed by atoms with van der Waals surface area (Å²) in [6.07, 6.45) is -4.87. The van der Waals surface area contributed by atoms with Crippen molar-refractivity contribution in [3.8, 4) is 11.6 Å². The summed E-state index contributed by atoms with van der Waals surface area (Å²) in [6.45, 7) is 0. The molecule has 0 saturated carbocycles. The van der Waals surface area contributed by atoms with Crippen LogP contribution in [0.15, 0.2) is 30.3 Å². The summed E-state index contributed by atoms with van der Waals surface area (Å²) < 4.78 is 68.5. The van der Waals surface area contributed by atoms with Gasteiger partial charge in [-0.05, 0) is 18.2 Å². The van der Waals surface area contributed by atoms with E-state index in [9.17, 15) is 32.1 Å². The zero-order chi connectivity index (χ0) is 16.5. The van der Waals surface area contributed by atoms with Gasteiger partial charge in [0, 0.05) is 12.1 Å². The molecule has 0 amide bonds. The van der Waals surface area contributed by atoms with Crippen LogP contribution < -0.4 is 4.74 Å². The maximum atomic E-state index is 13.4. The number of nitrogens with zero attached hydrogens (tertiary/aromatic N) is 2. The molecule has 1 aromatic carbocycles. The minimum atomic E-state index is -4.87. The van der Waals surface area contributed by atoms with Gasteiger partial charge in [0.25, 0.3) is 5.88 Å². The van der Waals surface area contributed by atoms with Crippen LogP contribution in [0.25, 0.3) is 0 Å². The molecule has 116 valence electrons. The van der Waals surface area contributed by atoms with Crippen molar-refractivity contribution < 1.29 is 31.6 Å². The predicted molar refractivity (Wildman–Crippen MR) is 62.3 cm³/mol. The van der Waals surface area contributed by atoms with Crippen molar-refractivity contribution in [3.63, 3.8) is 0 Å². The number of nitro groups is 1. The van der Waals surface area contributed by atoms with Crippen molar-refractivity contribution in [2.24, 2.45) is 0 Å². The van der Waals surface area contributed by atoms with Crippen LogP contribution in [0, 0.1) is 21.7 Å². The highest BCUT2D eigenvalue weighted by Crippen LogP contribution is 2.35. The molecule has 0 atom stereocenters. The molecule has 22 heavy (non-hydrogen) atoms. The molecule has 5 nitrogen and oxygen atoms in total. The SMILES string of the molecule is O=[N+]([O-])c1ccc(C(F)(F)F)nc1Oc1ccc(F)cc1F. The smallest absolute Gasteiger partial charge is 0.431 e. The zero-order valence-electron chi connectivity index (χ0n) is 10.4. The van der Waals surface area contributed by atoms with Gasteiger partial charge in [-0.3, -0.25) is 10.1 Å². The third-order valence-corrected chi connectivity index (χ3v) is 2.43. The second kappa shape index (κ2) is 5.54. The Morgan fingerprint density at radius 1 is 1.14 bits per heavy atom. The van der Waals surface area contributed by atoms with E-state index in [1.54, 1.807) is 0 Å². The fraction of sp³-hybridized carbons (Fsp3) is 0.0833. The Hall–Kier alpha value is -2.78. The van der Waals surface area contributed by atoms with Crippen LogP contribution in [0.3, 0.4) is 0 Å². The molecule has 2 rings (SSSR count). The summed E-state index contributed by atoms with van der Waals surface area (Å²) in [5, 5.41) is 10.8. The Morgan fingerprint density at radius 2 is 1.82 bits per heavy atom. The Bertz CT molecular complexity index is 733. The van der Waals surface area contributed by atoms with Crippen molar-refractivity contribution >= 4 is 5.69 Å². The molecule has 0 aliphatic carbocycles. The minimum absolute atomic E-state index is 0.395. The van der Waals surface area contributed by atoms with Crippen LogP contribution in [0.4, 0.5) is 27.6 Å². The number of aromatic nitrogens is 1. The number of rotatable bonds is 3. The van der Waals surface area contributed by atoms with Gasteiger partial charge >= 0.3 is 11.9 Å². The molecule has 0 bridgehead atoms. The summed E-state index contributed by atoms with van der Waals surface area (Å²) >= 11 is 0. The molecule has 0 aliphatic rings. The van der Waals surface area contributed by atoms with Crippen molar-refractivity contribution in [1.29, 1.82) is 0 Å². The van der Waals surface area contributed by atoms with Crippen molar-refractivity contribution in [1.82, 2.24) is 4.98 Å². The molecular weight excluding hydrogens is 315 g/mol. The van der Waals surface area contributed by atoms with Gasteiger partial charge < -0.3 is 4.74 Å². The molecule has 2 aromatic rings. The first-order chi connectivity index (χ1) is 10.2. The van der Waals surface area contributed by atoms with Crippen LogP contribution in [0.1, 0.15) is 5.69 Å². The average Bonchev–Trinajstić information content (AvgIpc) is 2.40. The topological polar surface area (TPSA) is 65.3 Å². The zero-order valence-corrected chi connectivity index (χ0v) is 10.4. The van der Waals surface area contributed by atoms with Gasteiger partial charge in [-0.1, -0.05) is 0 Å². The molecule has 0 fully saturated rings. The molecular formula is C12H5F5N2O3. The van der Waals surface area contributed by atoms with Gasteiger partial charge in [-0.2, -0.15) is 13.2 Å². The fourth-order valence-corrected chi connectivity index (χ4v) is 1.47. The van der Waals surface area contributed by atoms with E-state index < -0.39 is 45.7 Å². The first kappa shape index (κ1) is 15.6. The maximum Gasteiger partial charge on any atom is 0.433 e. The third kappa shape index (κ3) is 3.27. The van der Waals surface area contributed by atoms with Crippen LogP contribution in [0.5, 0.6) is 11.6 Å². The highest BCUT2D eigenvalue weighted by molar-refractivity contribution is 5.44. The standard InChI is InChI=1S/C12H5F5N2O3/c13-6-1-3-9(7(14)5-6)22-11-8(19(20)21)2-4-10(18-11)12(15,16)17/h1-5H. The van der Waals surface area contributed by atoms with E-state index in [4.69, 9.17) is 4.74 Å². The quantitative estimate of drug-likeness (QED) is 0.485. The lowest BCUT2D eigenvalue weighted by molar-refractivity contribution is -0.386. The predicted octanol–water partition coefficient (Wildman–Crippen LogP) is 4.08. The van der Waals surface area contributed by atoms with Gasteiger partial charge in [0.15, 0.2) is 11.6 Å². The highest BCUT2D eigenvalue weighted by atomic mass is 19.4. The van der Waals surface area contributed by atoms with Gasteiger partial charge in [-0.15, -0.1) is 0 Å². The van der Waals surface area contributed by atoms with E-state index in [0.717, 1.165) is 12.1 Å². The van der Waals surface area contributed by atoms with E-state index in [1.807, 2.05) is 0 Å². The van der Waals surface area contributed by atoms with Crippen LogP contribution in [0.2, 0.25) is 0 Å². The Balaban J connectivity index is 2.49. The molecule has 0 saturated heterocycles. The Morgan fingerprint density at radius 3 is 2.36 bits per heavy atom. The van der Waals surface area contributed by atoms with Crippen LogP contribution in [-0.4, -0.2) is 9.91 Å². The summed E-state index contributed by atoms with van der Waals surface area (Å²) in [4.78, 5) is 12.7. The molecule has 0 unspecified atom stereocenters. The van der Waals surface area contributed by atoms with Gasteiger partial charge in [0.1, 0.15) is 11.5 Å². The monoisotopic (exact) mass is 320 g/mol. The lowest BCUT2D eigenvalue weighted by Gasteiger charge is -2.09. The first-order valence-corrected chi connectivity index (χ1v) is 5.54. The van der Waals surface area contributed by atoms with Crippen molar-refractivity contribution in [2.45, 2.75) is 6.18 Å². The van der Waals surface area contributed by atoms with Crippen LogP contribution >= 0.6 is 0 Å². The molecule has 0 spiro atoms. The Labute approximate surface area is 119 Å². The summed E-state index contributed by atoms with van der Waals surface area (Å²) in [5.41, 5.74) is -2.34. The van der Waals surface area contributed by atoms with Crippen molar-refractivity contribution in [3.05, 3.63) is 57.8 Å². The summed E-state index contributed by atoms with van der Waals surface area (Å²) in [6, 6.07) is 2.89. The molecule has 0 N–H and O–H groups in total. The number of pyridine rings is 1. The lowest BCUT2D eigenvalue weighted by atomic mass is 10.3. The number of ether oxygens (including phenoxy) is 1. The number of hydrogen-bond donors (Lipinski definition) is 0. The van der Waals surface area contributed by atoms with Gasteiger partial charge in [-0.25, -0.2) is 13.8 Å². The normalized spacial score (nSPS) is 11.3. The maximum absolute atomic E-state index is 13.4. The summed E-state index contributed by atoms with van der Waals surface area (Å²) in [7, 11) is 0. The molecule has 1 aromatic heterocycles. The second-order valence-electron chi connectivity index (χ2n) is 3.95. The van der Waals surface area contributed by atoms with Crippen LogP contribution in [-0.2, 0) is 6.18 Å². The Kier molecular flexibility index (Phi) is 3.93. The first-order valence-electron chi connectivity index (χ1n) is 5.54. The molecule has 0 aliphatic heterocycles. The number of halogens is 5. The molecule has 10 heteroatoms. The minimum Gasteiger partial charge on any atom is -0.431 e. The summed E-state index contributed by atoms with van der Waals surface area (Å²) in [5.74, 6) is -3.94. The van der Waals surface area contributed by atoms with Gasteiger partial charge in [0.05, 0.1) is 4.92 Å². The van der Waals surface area contributed by atoms with E-state index in [2.05, 4.69) is 4.98 Å². The lowest BCUT2D eigenvalue weighted by Crippen LogP contribution is -2.09. The van der Waals surface area contributed by atoms with Crippen molar-refractivity contribution in [2.75, 3.05) is 0 Å². The fourth-order valence-electron chi connectivity index (χ4n) is 1.47. The highest BCUT2D eigenvalue weighted by Gasteiger charge is 2.35. The number of benzene rings is 1. The third-order valence-electron chi connectivity index (χ3n) is 2.43. The van der Waals surface area contributed by atoms with E-state index in [1.165, 1.54) is 0 Å². The van der Waals surface area contributed by atoms with Gasteiger partial charge in [0.2, 0.25) is 0 Å². The van der Waals surface area contributed by atoms with E-state index in [0.29, 0.717) is 18.2 Å².